The van der Waals surface area contributed by atoms with Gasteiger partial charge in [0, 0.05) is 5.41 Å². The van der Waals surface area contributed by atoms with Crippen molar-refractivity contribution in [2.75, 3.05) is 13.7 Å². The van der Waals surface area contributed by atoms with E-state index < -0.39 is 23.6 Å². The van der Waals surface area contributed by atoms with Gasteiger partial charge in [0.05, 0.1) is 27.6 Å². The summed E-state index contributed by atoms with van der Waals surface area (Å²) >= 11 is 0. The van der Waals surface area contributed by atoms with Gasteiger partial charge in [-0.25, -0.2) is 4.99 Å². The molecule has 6 heteroatoms. The fourth-order valence-corrected chi connectivity index (χ4v) is 5.70. The molecule has 1 saturated carbocycles. The molecule has 6 nitrogen and oxygen atoms in total. The molecule has 3 aliphatic rings. The van der Waals surface area contributed by atoms with E-state index >= 15 is 0 Å². The quantitative estimate of drug-likeness (QED) is 0.776. The maximum Gasteiger partial charge on any atom is 0.283 e. The van der Waals surface area contributed by atoms with E-state index in [9.17, 15) is 10.4 Å². The summed E-state index contributed by atoms with van der Waals surface area (Å²) in [4.78, 5) is 4.69. The van der Waals surface area contributed by atoms with Gasteiger partial charge in [0.15, 0.2) is 0 Å². The highest BCUT2D eigenvalue weighted by Crippen LogP contribution is 2.62. The third-order valence-corrected chi connectivity index (χ3v) is 7.27. The van der Waals surface area contributed by atoms with Crippen molar-refractivity contribution in [1.82, 2.24) is 0 Å². The first-order valence-corrected chi connectivity index (χ1v) is 10.6. The highest BCUT2D eigenvalue weighted by atomic mass is 16.5. The van der Waals surface area contributed by atoms with Gasteiger partial charge in [-0.05, 0) is 78.1 Å². The third-order valence-electron chi connectivity index (χ3n) is 7.27. The lowest BCUT2D eigenvalue weighted by Gasteiger charge is -2.47. The van der Waals surface area contributed by atoms with E-state index in [1.807, 2.05) is 31.2 Å². The molecule has 1 aliphatic heterocycles. The zero-order valence-electron chi connectivity index (χ0n) is 19.7. The predicted octanol–water partition coefficient (Wildman–Crippen LogP) is 3.50. The van der Waals surface area contributed by atoms with Crippen LogP contribution in [0.5, 0.6) is 5.75 Å². The van der Waals surface area contributed by atoms with Gasteiger partial charge in [-0.1, -0.05) is 19.1 Å². The standard InChI is InChI=1S/C25H27N3O3/c1-15-11-24(6-5-22(15)29)12-18-4-3-17(10-21(18)25(24)14-31-23(27)28-25)19-7-16(13-26)8-20(9-19)30-2/h3-4,7-10,15,22,29H,5-6,11-12,14H2,1-2H3,(H2,27,28)/t15-,22-,24-,25?/m1/s1/i14D2. The van der Waals surface area contributed by atoms with Gasteiger partial charge in [-0.3, -0.25) is 0 Å². The first kappa shape index (κ1) is 17.6. The molecule has 2 aromatic rings. The number of aliphatic hydroxyl groups is 1. The summed E-state index contributed by atoms with van der Waals surface area (Å²) < 4.78 is 28.7. The first-order valence-electron chi connectivity index (χ1n) is 11.6. The Hall–Kier alpha value is -3.04. The summed E-state index contributed by atoms with van der Waals surface area (Å²) in [5, 5.41) is 19.9. The van der Waals surface area contributed by atoms with Crippen LogP contribution in [0.1, 0.15) is 45.6 Å². The number of nitrogens with zero attached hydrogens (tertiary/aromatic N) is 2. The number of fused-ring (bicyclic) bond motifs is 3. The Bertz CT molecular complexity index is 1210. The van der Waals surface area contributed by atoms with Crippen LogP contribution >= 0.6 is 0 Å². The maximum atomic E-state index is 10.4. The van der Waals surface area contributed by atoms with Crippen molar-refractivity contribution in [2.24, 2.45) is 22.1 Å². The van der Waals surface area contributed by atoms with E-state index in [2.05, 4.69) is 6.07 Å². The topological polar surface area (TPSA) is 101 Å². The van der Waals surface area contributed by atoms with Gasteiger partial charge in [0.25, 0.3) is 6.02 Å². The normalized spacial score (nSPS) is 33.8. The van der Waals surface area contributed by atoms with Gasteiger partial charge in [0.1, 0.15) is 17.8 Å². The Morgan fingerprint density at radius 2 is 2.16 bits per heavy atom. The second-order valence-corrected chi connectivity index (χ2v) is 9.04. The highest BCUT2D eigenvalue weighted by Gasteiger charge is 2.62. The fourth-order valence-electron chi connectivity index (χ4n) is 5.70. The summed E-state index contributed by atoms with van der Waals surface area (Å²) in [6.07, 6.45) is 2.05. The van der Waals surface area contributed by atoms with Crippen molar-refractivity contribution in [1.29, 1.82) is 5.26 Å². The number of hydrogen-bond acceptors (Lipinski definition) is 6. The zero-order chi connectivity index (χ0) is 23.6. The lowest BCUT2D eigenvalue weighted by molar-refractivity contribution is -0.0253. The molecule has 31 heavy (non-hydrogen) atoms. The molecule has 0 amide bonds. The molecule has 160 valence electrons. The van der Waals surface area contributed by atoms with Crippen molar-refractivity contribution < 1.29 is 17.3 Å². The van der Waals surface area contributed by atoms with E-state index in [0.717, 1.165) is 22.3 Å². The van der Waals surface area contributed by atoms with Crippen LogP contribution < -0.4 is 10.5 Å². The van der Waals surface area contributed by atoms with E-state index in [4.69, 9.17) is 22.9 Å². The molecule has 0 saturated heterocycles. The second-order valence-electron chi connectivity index (χ2n) is 9.04. The second kappa shape index (κ2) is 7.00. The summed E-state index contributed by atoms with van der Waals surface area (Å²) in [6, 6.07) is 13.3. The van der Waals surface area contributed by atoms with Crippen LogP contribution in [0.3, 0.4) is 0 Å². The number of aliphatic hydroxyl groups excluding tert-OH is 1. The van der Waals surface area contributed by atoms with Crippen LogP contribution in [0.2, 0.25) is 0 Å². The average Bonchev–Trinajstić information content (AvgIpc) is 3.20. The number of rotatable bonds is 2. The van der Waals surface area contributed by atoms with Crippen molar-refractivity contribution in [3.05, 3.63) is 53.1 Å². The molecule has 0 bridgehead atoms. The van der Waals surface area contributed by atoms with Crippen LogP contribution in [0.4, 0.5) is 0 Å². The molecule has 0 aromatic heterocycles. The predicted molar refractivity (Wildman–Crippen MR) is 118 cm³/mol. The summed E-state index contributed by atoms with van der Waals surface area (Å²) in [6.45, 7) is -0.124. The Labute approximate surface area is 185 Å². The molecule has 1 heterocycles. The van der Waals surface area contributed by atoms with Gasteiger partial charge < -0.3 is 20.3 Å². The molecule has 2 aliphatic carbocycles. The average molecular weight is 420 g/mol. The molecule has 4 atom stereocenters. The minimum Gasteiger partial charge on any atom is -0.497 e. The van der Waals surface area contributed by atoms with E-state index in [1.54, 1.807) is 19.2 Å². The first-order chi connectivity index (χ1) is 15.6. The number of nitriles is 1. The largest absolute Gasteiger partial charge is 0.497 e. The minimum absolute atomic E-state index is 0.00815. The van der Waals surface area contributed by atoms with Crippen molar-refractivity contribution in [2.45, 2.75) is 44.2 Å². The highest BCUT2D eigenvalue weighted by molar-refractivity contribution is 5.76. The molecule has 3 N–H and O–H groups in total. The third kappa shape index (κ3) is 2.91. The number of nitrogens with two attached hydrogens (primary N) is 1. The van der Waals surface area contributed by atoms with Gasteiger partial charge in [-0.15, -0.1) is 0 Å². The number of benzene rings is 2. The summed E-state index contributed by atoms with van der Waals surface area (Å²) in [7, 11) is 1.56. The Balaban J connectivity index is 1.71. The molecule has 1 fully saturated rings. The van der Waals surface area contributed by atoms with E-state index in [-0.39, 0.29) is 11.9 Å². The Kier molecular flexibility index (Phi) is 3.98. The molecular formula is C25H27N3O3. The number of hydrogen-bond donors (Lipinski definition) is 2. The summed E-state index contributed by atoms with van der Waals surface area (Å²) in [5.74, 6) is 0.585. The van der Waals surface area contributed by atoms with Crippen LogP contribution in [0, 0.1) is 22.7 Å². The molecular weight excluding hydrogens is 390 g/mol. The smallest absolute Gasteiger partial charge is 0.283 e. The van der Waals surface area contributed by atoms with Crippen LogP contribution in [0.25, 0.3) is 11.1 Å². The van der Waals surface area contributed by atoms with Gasteiger partial charge >= 0.3 is 0 Å². The molecule has 2 spiro atoms. The van der Waals surface area contributed by atoms with E-state index in [0.29, 0.717) is 37.0 Å². The van der Waals surface area contributed by atoms with Crippen LogP contribution in [-0.4, -0.2) is 30.9 Å². The summed E-state index contributed by atoms with van der Waals surface area (Å²) in [5.41, 5.74) is 8.01. The Morgan fingerprint density at radius 3 is 2.84 bits per heavy atom. The Morgan fingerprint density at radius 1 is 1.32 bits per heavy atom. The maximum absolute atomic E-state index is 10.4. The number of aliphatic imine (C=N–C) groups is 1. The number of amidine groups is 1. The van der Waals surface area contributed by atoms with Crippen molar-refractivity contribution in [3.8, 4) is 22.9 Å². The lowest BCUT2D eigenvalue weighted by Crippen LogP contribution is -2.48. The van der Waals surface area contributed by atoms with Crippen LogP contribution in [-0.2, 0) is 16.7 Å². The zero-order valence-corrected chi connectivity index (χ0v) is 17.7. The lowest BCUT2D eigenvalue weighted by atomic mass is 9.59. The number of methoxy groups -OCH3 is 1. The SMILES string of the molecule is [2H]C1([2H])OC(N)=NC12c1cc(-c3cc(C#N)cc(OC)c3)ccc1C[C@]21CC[C@@H](O)[C@H](C)C1. The van der Waals surface area contributed by atoms with Gasteiger partial charge in [0.2, 0.25) is 0 Å². The van der Waals surface area contributed by atoms with Crippen molar-refractivity contribution in [3.63, 3.8) is 0 Å². The minimum atomic E-state index is -2.13. The van der Waals surface area contributed by atoms with Gasteiger partial charge in [-0.2, -0.15) is 5.26 Å². The molecule has 5 rings (SSSR count). The van der Waals surface area contributed by atoms with Crippen LogP contribution in [0.15, 0.2) is 41.4 Å². The number of ether oxygens (including phenoxy) is 2. The monoisotopic (exact) mass is 419 g/mol. The molecule has 2 aromatic carbocycles. The van der Waals surface area contributed by atoms with Crippen molar-refractivity contribution >= 4 is 6.02 Å². The molecule has 0 radical (unpaired) electrons. The molecule has 1 unspecified atom stereocenters. The fraction of sp³-hybridized carbons (Fsp3) is 0.440. The van der Waals surface area contributed by atoms with E-state index in [1.165, 1.54) is 0 Å².